The number of hydrogen-bond donors (Lipinski definition) is 1. The summed E-state index contributed by atoms with van der Waals surface area (Å²) in [6.45, 7) is 10.5. The largest absolute Gasteiger partial charge is 0.288 e. The van der Waals surface area contributed by atoms with Crippen molar-refractivity contribution in [1.82, 2.24) is 15.3 Å². The highest BCUT2D eigenvalue weighted by Gasteiger charge is 2.17. The summed E-state index contributed by atoms with van der Waals surface area (Å²) in [5, 5.41) is 2.38. The van der Waals surface area contributed by atoms with Crippen molar-refractivity contribution in [3.63, 3.8) is 0 Å². The van der Waals surface area contributed by atoms with Crippen LogP contribution in [0.1, 0.15) is 58.8 Å². The molecule has 1 rings (SSSR count). The fourth-order valence-electron chi connectivity index (χ4n) is 2.42. The van der Waals surface area contributed by atoms with Crippen LogP contribution in [0.25, 0.3) is 0 Å². The van der Waals surface area contributed by atoms with Crippen LogP contribution in [0.5, 0.6) is 0 Å². The summed E-state index contributed by atoms with van der Waals surface area (Å²) in [6.07, 6.45) is 9.57. The van der Waals surface area contributed by atoms with Crippen molar-refractivity contribution in [3.05, 3.63) is 0 Å². The summed E-state index contributed by atoms with van der Waals surface area (Å²) in [5.74, 6) is 0. The Balaban J connectivity index is 1.87. The first kappa shape index (κ1) is 14.9. The lowest BCUT2D eigenvalue weighted by molar-refractivity contribution is 0.183. The molecule has 0 unspecified atom stereocenters. The van der Waals surface area contributed by atoms with Crippen molar-refractivity contribution in [2.45, 2.75) is 58.8 Å². The van der Waals surface area contributed by atoms with Gasteiger partial charge in [-0.1, -0.05) is 46.0 Å². The van der Waals surface area contributed by atoms with E-state index in [1.165, 1.54) is 64.6 Å². The fraction of sp³-hybridized carbons (Fsp3) is 1.00. The van der Waals surface area contributed by atoms with Crippen LogP contribution in [0.2, 0.25) is 0 Å². The number of rotatable bonds is 10. The van der Waals surface area contributed by atoms with E-state index >= 15 is 0 Å². The van der Waals surface area contributed by atoms with Crippen molar-refractivity contribution in [1.29, 1.82) is 0 Å². The molecule has 0 atom stereocenters. The van der Waals surface area contributed by atoms with Gasteiger partial charge in [0, 0.05) is 19.6 Å². The first-order valence-corrected chi connectivity index (χ1v) is 7.57. The van der Waals surface area contributed by atoms with Crippen LogP contribution in [-0.4, -0.2) is 42.8 Å². The molecule has 1 aliphatic heterocycles. The van der Waals surface area contributed by atoms with Crippen molar-refractivity contribution in [3.8, 4) is 0 Å². The van der Waals surface area contributed by atoms with Crippen molar-refractivity contribution in [2.75, 3.05) is 32.8 Å². The predicted molar refractivity (Wildman–Crippen MR) is 74.8 cm³/mol. The molecule has 0 aromatic heterocycles. The van der Waals surface area contributed by atoms with E-state index in [2.05, 4.69) is 29.2 Å². The lowest BCUT2D eigenvalue weighted by Crippen LogP contribution is -2.38. The summed E-state index contributed by atoms with van der Waals surface area (Å²) in [7, 11) is 0. The molecule has 0 aromatic rings. The van der Waals surface area contributed by atoms with Gasteiger partial charge in [0.2, 0.25) is 0 Å². The van der Waals surface area contributed by atoms with E-state index in [0.29, 0.717) is 0 Å². The summed E-state index contributed by atoms with van der Waals surface area (Å²) in [6, 6.07) is 0. The zero-order valence-corrected chi connectivity index (χ0v) is 11.9. The molecular weight excluding hydrogens is 210 g/mol. The molecule has 1 N–H and O–H groups in total. The third-order valence-corrected chi connectivity index (χ3v) is 3.46. The van der Waals surface area contributed by atoms with Crippen molar-refractivity contribution >= 4 is 0 Å². The number of nitrogens with one attached hydrogen (secondary N) is 1. The Labute approximate surface area is 108 Å². The zero-order valence-electron chi connectivity index (χ0n) is 11.9. The lowest BCUT2D eigenvalue weighted by Gasteiger charge is -2.18. The van der Waals surface area contributed by atoms with Gasteiger partial charge in [-0.05, 0) is 19.4 Å². The van der Waals surface area contributed by atoms with E-state index in [1.54, 1.807) is 0 Å². The fourth-order valence-corrected chi connectivity index (χ4v) is 2.42. The van der Waals surface area contributed by atoms with Gasteiger partial charge in [0.25, 0.3) is 0 Å². The van der Waals surface area contributed by atoms with Gasteiger partial charge in [0.05, 0.1) is 6.67 Å². The Kier molecular flexibility index (Phi) is 8.67. The normalized spacial score (nSPS) is 18.0. The number of nitrogens with zero attached hydrogens (tertiary/aromatic N) is 2. The van der Waals surface area contributed by atoms with E-state index < -0.39 is 0 Å². The molecule has 1 fully saturated rings. The quantitative estimate of drug-likeness (QED) is 0.593. The van der Waals surface area contributed by atoms with Crippen molar-refractivity contribution in [2.24, 2.45) is 0 Å². The Morgan fingerprint density at radius 1 is 0.882 bits per heavy atom. The minimum absolute atomic E-state index is 1.11. The van der Waals surface area contributed by atoms with Crippen molar-refractivity contribution < 1.29 is 0 Å². The lowest BCUT2D eigenvalue weighted by atomic mass is 10.1. The van der Waals surface area contributed by atoms with Gasteiger partial charge in [-0.15, -0.1) is 0 Å². The first-order valence-electron chi connectivity index (χ1n) is 7.57. The van der Waals surface area contributed by atoms with Gasteiger partial charge in [-0.3, -0.25) is 10.3 Å². The summed E-state index contributed by atoms with van der Waals surface area (Å²) in [4.78, 5) is 2.52. The van der Waals surface area contributed by atoms with Gasteiger partial charge in [0.15, 0.2) is 0 Å². The topological polar surface area (TPSA) is 18.5 Å². The van der Waals surface area contributed by atoms with E-state index in [1.807, 2.05) is 0 Å². The first-order chi connectivity index (χ1) is 8.36. The van der Waals surface area contributed by atoms with Gasteiger partial charge in [0.1, 0.15) is 0 Å². The monoisotopic (exact) mass is 241 g/mol. The Morgan fingerprint density at radius 3 is 2.41 bits per heavy atom. The molecule has 1 heterocycles. The maximum absolute atomic E-state index is 3.55. The number of hydrazine groups is 1. The van der Waals surface area contributed by atoms with Crippen LogP contribution in [-0.2, 0) is 0 Å². The molecule has 0 aromatic carbocycles. The highest BCUT2D eigenvalue weighted by Crippen LogP contribution is 2.05. The molecular formula is C14H31N3. The van der Waals surface area contributed by atoms with Gasteiger partial charge >= 0.3 is 0 Å². The standard InChI is InChI=1S/C14H31N3/c1-3-5-6-7-8-9-10-15-17-13-12-16(14-17)11-4-2/h15H,3-14H2,1-2H3. The highest BCUT2D eigenvalue weighted by molar-refractivity contribution is 4.67. The molecule has 0 saturated carbocycles. The van der Waals surface area contributed by atoms with Crippen LogP contribution < -0.4 is 5.43 Å². The van der Waals surface area contributed by atoms with Gasteiger partial charge in [-0.25, -0.2) is 5.01 Å². The molecule has 0 bridgehead atoms. The molecule has 17 heavy (non-hydrogen) atoms. The van der Waals surface area contributed by atoms with E-state index in [9.17, 15) is 0 Å². The van der Waals surface area contributed by atoms with E-state index in [4.69, 9.17) is 0 Å². The molecule has 0 aliphatic carbocycles. The Morgan fingerprint density at radius 2 is 1.65 bits per heavy atom. The van der Waals surface area contributed by atoms with Gasteiger partial charge in [-0.2, -0.15) is 0 Å². The summed E-state index contributed by atoms with van der Waals surface area (Å²) >= 11 is 0. The zero-order chi connectivity index (χ0) is 12.3. The summed E-state index contributed by atoms with van der Waals surface area (Å²) in [5.41, 5.74) is 3.55. The maximum atomic E-state index is 3.55. The van der Waals surface area contributed by atoms with E-state index in [0.717, 1.165) is 13.2 Å². The Hall–Kier alpha value is -0.120. The second-order valence-electron chi connectivity index (χ2n) is 5.20. The minimum atomic E-state index is 1.11. The Bertz CT molecular complexity index is 173. The number of unbranched alkanes of at least 4 members (excludes halogenated alkanes) is 5. The molecule has 1 aliphatic rings. The van der Waals surface area contributed by atoms with Crippen LogP contribution >= 0.6 is 0 Å². The maximum Gasteiger partial charge on any atom is 0.0646 e. The predicted octanol–water partition coefficient (Wildman–Crippen LogP) is 2.84. The minimum Gasteiger partial charge on any atom is -0.288 e. The van der Waals surface area contributed by atoms with Crippen LogP contribution in [0.15, 0.2) is 0 Å². The molecule has 3 heteroatoms. The second kappa shape index (κ2) is 9.86. The average molecular weight is 241 g/mol. The van der Waals surface area contributed by atoms with E-state index in [-0.39, 0.29) is 0 Å². The second-order valence-corrected chi connectivity index (χ2v) is 5.20. The highest BCUT2D eigenvalue weighted by atomic mass is 15.6. The molecule has 0 spiro atoms. The SMILES string of the molecule is CCCCCCCCNN1CCN(CCC)C1. The molecule has 1 saturated heterocycles. The average Bonchev–Trinajstić information content (AvgIpc) is 2.76. The number of hydrogen-bond acceptors (Lipinski definition) is 3. The smallest absolute Gasteiger partial charge is 0.0646 e. The third kappa shape index (κ3) is 7.02. The molecule has 0 amide bonds. The van der Waals surface area contributed by atoms with Crippen LogP contribution in [0, 0.1) is 0 Å². The third-order valence-electron chi connectivity index (χ3n) is 3.46. The van der Waals surface area contributed by atoms with Crippen LogP contribution in [0.3, 0.4) is 0 Å². The summed E-state index contributed by atoms with van der Waals surface area (Å²) < 4.78 is 0. The molecule has 0 radical (unpaired) electrons. The molecule has 3 nitrogen and oxygen atoms in total. The van der Waals surface area contributed by atoms with Crippen LogP contribution in [0.4, 0.5) is 0 Å². The molecule has 102 valence electrons. The van der Waals surface area contributed by atoms with Gasteiger partial charge < -0.3 is 0 Å².